The standard InChI is InChI=1S/C16H15N7.ClH/c1-3-8-14(9-4-1)16-19-21(15-10-5-2-6-11-15)23(20-16)22-17-12-7-13-18-22;/h1-13,17H,(H,19,20);1H. The van der Waals surface area contributed by atoms with Gasteiger partial charge < -0.3 is 0 Å². The Balaban J connectivity index is 0.00000169. The van der Waals surface area contributed by atoms with Gasteiger partial charge in [0.2, 0.25) is 0 Å². The van der Waals surface area contributed by atoms with E-state index in [-0.39, 0.29) is 12.4 Å². The van der Waals surface area contributed by atoms with E-state index in [4.69, 9.17) is 0 Å². The van der Waals surface area contributed by atoms with Gasteiger partial charge in [0.15, 0.2) is 5.84 Å². The van der Waals surface area contributed by atoms with E-state index >= 15 is 0 Å². The van der Waals surface area contributed by atoms with Crippen LogP contribution < -0.4 is 16.0 Å². The second kappa shape index (κ2) is 7.03. The average molecular weight is 342 g/mol. The predicted octanol–water partition coefficient (Wildman–Crippen LogP) is 2.25. The molecule has 2 aliphatic heterocycles. The van der Waals surface area contributed by atoms with Gasteiger partial charge in [-0.15, -0.1) is 22.6 Å². The zero-order valence-electron chi connectivity index (χ0n) is 12.6. The van der Waals surface area contributed by atoms with Crippen molar-refractivity contribution in [3.63, 3.8) is 0 Å². The number of para-hydroxylation sites is 1. The third-order valence-electron chi connectivity index (χ3n) is 3.34. The van der Waals surface area contributed by atoms with Crippen molar-refractivity contribution in [2.24, 2.45) is 10.2 Å². The van der Waals surface area contributed by atoms with Gasteiger partial charge in [0.05, 0.1) is 11.9 Å². The molecule has 0 aliphatic carbocycles. The molecular weight excluding hydrogens is 326 g/mol. The number of halogens is 1. The van der Waals surface area contributed by atoms with Gasteiger partial charge in [0, 0.05) is 17.0 Å². The van der Waals surface area contributed by atoms with Crippen molar-refractivity contribution in [1.82, 2.24) is 21.3 Å². The van der Waals surface area contributed by atoms with Crippen LogP contribution in [0.1, 0.15) is 5.56 Å². The average Bonchev–Trinajstić information content (AvgIpc) is 3.09. The Morgan fingerprint density at radius 3 is 2.25 bits per heavy atom. The van der Waals surface area contributed by atoms with E-state index in [1.54, 1.807) is 28.0 Å². The van der Waals surface area contributed by atoms with Crippen LogP contribution >= 0.6 is 12.4 Å². The van der Waals surface area contributed by atoms with Crippen molar-refractivity contribution in [3.05, 3.63) is 78.5 Å². The third kappa shape index (κ3) is 3.03. The Bertz CT molecular complexity index is 761. The maximum Gasteiger partial charge on any atom is 0.172 e. The molecule has 2 aromatic rings. The zero-order valence-corrected chi connectivity index (χ0v) is 13.5. The molecule has 2 aromatic carbocycles. The molecule has 0 saturated carbocycles. The third-order valence-corrected chi connectivity index (χ3v) is 3.34. The molecule has 0 amide bonds. The molecular formula is C16H16ClN7. The number of anilines is 1. The molecule has 2 N–H and O–H groups in total. The van der Waals surface area contributed by atoms with Gasteiger partial charge in [-0.3, -0.25) is 10.9 Å². The number of rotatable bonds is 3. The van der Waals surface area contributed by atoms with Crippen molar-refractivity contribution >= 4 is 30.1 Å². The van der Waals surface area contributed by atoms with Crippen LogP contribution in [0, 0.1) is 0 Å². The molecule has 0 unspecified atom stereocenters. The smallest absolute Gasteiger partial charge is 0.172 e. The van der Waals surface area contributed by atoms with Crippen molar-refractivity contribution in [3.8, 4) is 0 Å². The van der Waals surface area contributed by atoms with Crippen LogP contribution in [0.5, 0.6) is 0 Å². The summed E-state index contributed by atoms with van der Waals surface area (Å²) in [6.45, 7) is 0. The van der Waals surface area contributed by atoms with Crippen LogP contribution in [-0.4, -0.2) is 22.5 Å². The minimum atomic E-state index is 0. The highest BCUT2D eigenvalue weighted by molar-refractivity contribution is 6.00. The minimum Gasteiger partial charge on any atom is -0.271 e. The summed E-state index contributed by atoms with van der Waals surface area (Å²) in [5.41, 5.74) is 8.19. The molecule has 2 aliphatic rings. The molecule has 0 radical (unpaired) electrons. The number of hydrogen-bond donors (Lipinski definition) is 2. The number of hydrogen-bond acceptors (Lipinski definition) is 7. The lowest BCUT2D eigenvalue weighted by Crippen LogP contribution is -2.57. The van der Waals surface area contributed by atoms with Gasteiger partial charge in [0.1, 0.15) is 0 Å². The molecule has 2 heterocycles. The minimum absolute atomic E-state index is 0. The zero-order chi connectivity index (χ0) is 15.5. The first-order valence-electron chi connectivity index (χ1n) is 7.23. The fourth-order valence-corrected chi connectivity index (χ4v) is 2.27. The first-order chi connectivity index (χ1) is 11.4. The fourth-order valence-electron chi connectivity index (χ4n) is 2.27. The Labute approximate surface area is 145 Å². The van der Waals surface area contributed by atoms with Crippen LogP contribution in [0.3, 0.4) is 0 Å². The Morgan fingerprint density at radius 2 is 1.58 bits per heavy atom. The topological polar surface area (TPSA) is 58.5 Å². The predicted molar refractivity (Wildman–Crippen MR) is 96.7 cm³/mol. The lowest BCUT2D eigenvalue weighted by atomic mass is 10.2. The number of hydrazine groups is 4. The molecule has 24 heavy (non-hydrogen) atoms. The molecule has 0 spiro atoms. The maximum absolute atomic E-state index is 4.67. The molecule has 122 valence electrons. The summed E-state index contributed by atoms with van der Waals surface area (Å²) in [6, 6.07) is 19.8. The molecule has 7 nitrogen and oxygen atoms in total. The number of allylic oxidation sites excluding steroid dienone is 1. The second-order valence-electron chi connectivity index (χ2n) is 4.88. The van der Waals surface area contributed by atoms with Crippen LogP contribution in [0.2, 0.25) is 0 Å². The van der Waals surface area contributed by atoms with Gasteiger partial charge in [0.25, 0.3) is 0 Å². The summed E-state index contributed by atoms with van der Waals surface area (Å²) in [7, 11) is 0. The summed E-state index contributed by atoms with van der Waals surface area (Å²) in [5, 5.41) is 13.9. The van der Waals surface area contributed by atoms with Crippen LogP contribution in [0.15, 0.2) is 83.1 Å². The normalized spacial score (nSPS) is 16.2. The van der Waals surface area contributed by atoms with Gasteiger partial charge >= 0.3 is 0 Å². The molecule has 8 heteroatoms. The van der Waals surface area contributed by atoms with Crippen molar-refractivity contribution in [2.45, 2.75) is 0 Å². The maximum atomic E-state index is 4.67. The monoisotopic (exact) mass is 341 g/mol. The summed E-state index contributed by atoms with van der Waals surface area (Å²) in [5.74, 6) is 0.737. The largest absolute Gasteiger partial charge is 0.271 e. The van der Waals surface area contributed by atoms with Gasteiger partial charge in [-0.05, 0) is 18.2 Å². The molecule has 0 fully saturated rings. The number of benzene rings is 2. The highest BCUT2D eigenvalue weighted by Crippen LogP contribution is 2.21. The van der Waals surface area contributed by atoms with E-state index in [2.05, 4.69) is 21.1 Å². The van der Waals surface area contributed by atoms with Crippen LogP contribution in [0.25, 0.3) is 0 Å². The summed E-state index contributed by atoms with van der Waals surface area (Å²) < 4.78 is 0. The number of amidine groups is 1. The van der Waals surface area contributed by atoms with Crippen LogP contribution in [-0.2, 0) is 0 Å². The Hall–Kier alpha value is -3.03. The number of nitrogens with zero attached hydrogens (tertiary/aromatic N) is 5. The van der Waals surface area contributed by atoms with E-state index in [0.29, 0.717) is 0 Å². The quantitative estimate of drug-likeness (QED) is 0.896. The van der Waals surface area contributed by atoms with Crippen molar-refractivity contribution < 1.29 is 0 Å². The molecule has 0 atom stereocenters. The van der Waals surface area contributed by atoms with Gasteiger partial charge in [-0.2, -0.15) is 5.12 Å². The molecule has 0 saturated heterocycles. The molecule has 0 aromatic heterocycles. The number of nitrogens with one attached hydrogen (secondary N) is 2. The van der Waals surface area contributed by atoms with E-state index < -0.39 is 0 Å². The lowest BCUT2D eigenvalue weighted by Gasteiger charge is -2.33. The molecule has 0 bridgehead atoms. The van der Waals surface area contributed by atoms with E-state index in [1.165, 1.54) is 0 Å². The SMILES string of the molecule is C1=CNN(N2NC(c3ccccc3)=NN2c2ccccc2)N=C1.Cl. The van der Waals surface area contributed by atoms with Crippen LogP contribution in [0.4, 0.5) is 5.69 Å². The summed E-state index contributed by atoms with van der Waals surface area (Å²) in [4.78, 5) is 0. The van der Waals surface area contributed by atoms with Gasteiger partial charge in [-0.25, -0.2) is 0 Å². The highest BCUT2D eigenvalue weighted by Gasteiger charge is 2.30. The van der Waals surface area contributed by atoms with E-state index in [0.717, 1.165) is 17.1 Å². The van der Waals surface area contributed by atoms with Crippen molar-refractivity contribution in [1.29, 1.82) is 0 Å². The van der Waals surface area contributed by atoms with E-state index in [9.17, 15) is 0 Å². The lowest BCUT2D eigenvalue weighted by molar-refractivity contribution is -0.0814. The first-order valence-corrected chi connectivity index (χ1v) is 7.23. The van der Waals surface area contributed by atoms with Crippen molar-refractivity contribution in [2.75, 3.05) is 5.12 Å². The fraction of sp³-hybridized carbons (Fsp3) is 0. The Kier molecular flexibility index (Phi) is 4.64. The first kappa shape index (κ1) is 15.9. The highest BCUT2D eigenvalue weighted by atomic mass is 35.5. The van der Waals surface area contributed by atoms with E-state index in [1.807, 2.05) is 66.7 Å². The second-order valence-corrected chi connectivity index (χ2v) is 4.88. The number of hydrazone groups is 2. The summed E-state index contributed by atoms with van der Waals surface area (Å²) >= 11 is 0. The molecule has 4 rings (SSSR count). The summed E-state index contributed by atoms with van der Waals surface area (Å²) in [6.07, 6.45) is 5.30. The van der Waals surface area contributed by atoms with Gasteiger partial charge in [-0.1, -0.05) is 53.8 Å². The Morgan fingerprint density at radius 1 is 0.875 bits per heavy atom.